The summed E-state index contributed by atoms with van der Waals surface area (Å²) in [6, 6.07) is 23.4. The van der Waals surface area contributed by atoms with Gasteiger partial charge in [-0.25, -0.2) is 0 Å². The Hall–Kier alpha value is 0.0644. The van der Waals surface area contributed by atoms with Crippen LogP contribution in [0.25, 0.3) is 0 Å². The van der Waals surface area contributed by atoms with E-state index in [1.54, 1.807) is 0 Å². The summed E-state index contributed by atoms with van der Waals surface area (Å²) in [6.45, 7) is 38.5. The molecule has 1 aliphatic heterocycles. The van der Waals surface area contributed by atoms with Crippen molar-refractivity contribution in [1.29, 1.82) is 0 Å². The van der Waals surface area contributed by atoms with E-state index in [0.29, 0.717) is 0 Å². The first kappa shape index (κ1) is 33.6. The van der Waals surface area contributed by atoms with E-state index in [1.165, 1.54) is 10.6 Å². The molecule has 1 saturated heterocycles. The number of hydrogen-bond donors (Lipinski definition) is 0. The molecule has 0 bridgehead atoms. The van der Waals surface area contributed by atoms with Gasteiger partial charge in [-0.15, -0.1) is 0 Å². The predicted molar refractivity (Wildman–Crippen MR) is 197 cm³/mol. The van der Waals surface area contributed by atoms with Crippen LogP contribution in [0.1, 0.15) is 0 Å². The average molecular weight is 653 g/mol. The van der Waals surface area contributed by atoms with Gasteiger partial charge in [-0.05, 0) is 0 Å². The Labute approximate surface area is 247 Å². The van der Waals surface area contributed by atoms with E-state index in [-0.39, 0.29) is 0 Å². The molecule has 4 nitrogen and oxygen atoms in total. The topological polar surface area (TPSA) is 22.1 Å². The fraction of sp³-hybridized carbons (Fsp3) is 0.571. The van der Waals surface area contributed by atoms with Gasteiger partial charge in [0.05, 0.1) is 0 Å². The number of benzene rings is 2. The third-order valence-corrected chi connectivity index (χ3v) is 47.3. The molecule has 11 heteroatoms. The van der Waals surface area contributed by atoms with Gasteiger partial charge in [-0.1, -0.05) is 0 Å². The molecule has 0 aromatic heterocycles. The summed E-state index contributed by atoms with van der Waals surface area (Å²) in [5, 5.41) is 3.04. The van der Waals surface area contributed by atoms with E-state index in [0.717, 1.165) is 0 Å². The maximum atomic E-state index is 6.37. The van der Waals surface area contributed by atoms with Crippen LogP contribution in [-0.4, -0.2) is 60.1 Å². The second-order valence-electron chi connectivity index (χ2n) is 16.5. The SMILES string of the molecule is C[Si](C)(C)N=P1(N([Si](C)(C)C)[Si](C)(C)C)N([Si](C)(C)C)P(C)(c2ccccc2)(c2ccccc2)N1[Si](C)(C)C. The molecule has 0 radical (unpaired) electrons. The molecule has 0 aliphatic carbocycles. The van der Waals surface area contributed by atoms with Crippen LogP contribution in [0.4, 0.5) is 0 Å². The Morgan fingerprint density at radius 1 is 0.564 bits per heavy atom. The fourth-order valence-corrected chi connectivity index (χ4v) is 64.9. The van der Waals surface area contributed by atoms with Crippen LogP contribution in [0.3, 0.4) is 0 Å². The molecule has 0 spiro atoms. The first-order valence-electron chi connectivity index (χ1n) is 14.5. The zero-order valence-corrected chi connectivity index (χ0v) is 34.7. The zero-order chi connectivity index (χ0) is 30.1. The van der Waals surface area contributed by atoms with Crippen molar-refractivity contribution in [3.63, 3.8) is 0 Å². The molecule has 0 saturated carbocycles. The van der Waals surface area contributed by atoms with Crippen molar-refractivity contribution < 1.29 is 0 Å². The summed E-state index contributed by atoms with van der Waals surface area (Å²) >= 11 is 0. The Morgan fingerprint density at radius 2 is 0.872 bits per heavy atom. The Morgan fingerprint density at radius 3 is 1.10 bits per heavy atom. The standard InChI is InChI=1S/C28H58N4P2Si5/c1-34(27-23-19-17-20-24-27,28-25-21-18-22-26-28)30(36(5,6)7)33(29-35(2,3)4,31(34)37(8,9)10)32(38(11,12)13)39(14,15)16/h17-26H,1-16H3. The van der Waals surface area contributed by atoms with Crippen LogP contribution in [-0.2, 0) is 0 Å². The molecule has 220 valence electrons. The molecule has 2 aromatic rings. The van der Waals surface area contributed by atoms with Gasteiger partial charge in [0.25, 0.3) is 0 Å². The minimum atomic E-state index is -3.05. The van der Waals surface area contributed by atoms with Crippen molar-refractivity contribution in [2.75, 3.05) is 6.66 Å². The van der Waals surface area contributed by atoms with Gasteiger partial charge in [-0.2, -0.15) is 0 Å². The molecular weight excluding hydrogens is 595 g/mol. The third kappa shape index (κ3) is 5.36. The van der Waals surface area contributed by atoms with Crippen LogP contribution in [0.5, 0.6) is 0 Å². The summed E-state index contributed by atoms with van der Waals surface area (Å²) in [6.07, 6.45) is 0. The van der Waals surface area contributed by atoms with Crippen LogP contribution in [0, 0.1) is 0 Å². The van der Waals surface area contributed by atoms with E-state index in [1.807, 2.05) is 0 Å². The Kier molecular flexibility index (Phi) is 8.67. The average Bonchev–Trinajstić information content (AvgIpc) is 2.68. The van der Waals surface area contributed by atoms with Crippen molar-refractivity contribution in [1.82, 2.24) is 12.2 Å². The second kappa shape index (κ2) is 10.1. The summed E-state index contributed by atoms with van der Waals surface area (Å²) in [5.41, 5.74) is 0. The molecule has 1 heterocycles. The minimum absolute atomic E-state index is 1.52. The van der Waals surface area contributed by atoms with Gasteiger partial charge in [0, 0.05) is 0 Å². The quantitative estimate of drug-likeness (QED) is 0.209. The van der Waals surface area contributed by atoms with Crippen molar-refractivity contribution >= 4 is 66.2 Å². The maximum absolute atomic E-state index is 6.37. The van der Waals surface area contributed by atoms with E-state index < -0.39 is 55.6 Å². The van der Waals surface area contributed by atoms with Crippen molar-refractivity contribution in [3.05, 3.63) is 60.7 Å². The van der Waals surface area contributed by atoms with E-state index in [4.69, 9.17) is 4.41 Å². The Bertz CT molecular complexity index is 1150. The van der Waals surface area contributed by atoms with E-state index in [2.05, 4.69) is 178 Å². The molecule has 0 unspecified atom stereocenters. The van der Waals surface area contributed by atoms with Crippen molar-refractivity contribution in [2.45, 2.75) is 98.2 Å². The first-order chi connectivity index (χ1) is 17.3. The van der Waals surface area contributed by atoms with Crippen molar-refractivity contribution in [2.24, 2.45) is 4.41 Å². The normalized spacial score (nSPS) is 24.1. The van der Waals surface area contributed by atoms with Crippen molar-refractivity contribution in [3.8, 4) is 0 Å². The van der Waals surface area contributed by atoms with Gasteiger partial charge >= 0.3 is 248 Å². The number of hydrogen-bond acceptors (Lipinski definition) is 1. The number of rotatable bonds is 8. The number of nitrogens with zero attached hydrogens (tertiary/aromatic N) is 4. The monoisotopic (exact) mass is 652 g/mol. The summed E-state index contributed by atoms with van der Waals surface area (Å²) in [4.78, 5) is 0. The molecule has 0 N–H and O–H groups in total. The van der Waals surface area contributed by atoms with Gasteiger partial charge in [0.1, 0.15) is 0 Å². The summed E-state index contributed by atoms with van der Waals surface area (Å²) < 4.78 is 16.1. The van der Waals surface area contributed by atoms with Crippen LogP contribution in [0.15, 0.2) is 65.1 Å². The fourth-order valence-electron chi connectivity index (χ4n) is 7.66. The molecule has 2 aromatic carbocycles. The first-order valence-corrected chi connectivity index (χ1v) is 36.0. The molecule has 0 amide bonds. The molecule has 1 fully saturated rings. The van der Waals surface area contributed by atoms with E-state index in [9.17, 15) is 0 Å². The molecular formula is C28H58N4P2Si5. The van der Waals surface area contributed by atoms with Gasteiger partial charge in [0.2, 0.25) is 0 Å². The molecule has 3 rings (SSSR count). The molecule has 1 aliphatic rings. The Balaban J connectivity index is 2.80. The van der Waals surface area contributed by atoms with E-state index >= 15 is 0 Å². The van der Waals surface area contributed by atoms with Gasteiger partial charge < -0.3 is 0 Å². The summed E-state index contributed by atoms with van der Waals surface area (Å²) in [7, 11) is -11.7. The van der Waals surface area contributed by atoms with Crippen LogP contribution >= 0.6 is 14.4 Å². The van der Waals surface area contributed by atoms with Gasteiger partial charge in [-0.3, -0.25) is 0 Å². The van der Waals surface area contributed by atoms with Crippen LogP contribution < -0.4 is 10.6 Å². The summed E-state index contributed by atoms with van der Waals surface area (Å²) in [5.74, 6) is 0. The van der Waals surface area contributed by atoms with Crippen LogP contribution in [0.2, 0.25) is 98.2 Å². The predicted octanol–water partition coefficient (Wildman–Crippen LogP) is 9.69. The second-order valence-corrected chi connectivity index (χ2v) is 51.1. The molecule has 0 atom stereocenters. The van der Waals surface area contributed by atoms with Gasteiger partial charge in [0.15, 0.2) is 0 Å². The third-order valence-electron chi connectivity index (χ3n) is 7.36. The zero-order valence-electron chi connectivity index (χ0n) is 28.0. The molecule has 39 heavy (non-hydrogen) atoms.